The predicted octanol–water partition coefficient (Wildman–Crippen LogP) is 2.41. The first-order chi connectivity index (χ1) is 10.2. The molecule has 2 aliphatic heterocycles. The standard InChI is InChI=1S/C15H24N4OS.HI/c1-9-14(21-10(2)18-9)6-7-17-15(16-3)19-12-8-11-4-5-13(12)20-11;/h11-13H,4-8H2,1-3H3,(H2,16,17,19);1H. The number of aromatic nitrogens is 1. The van der Waals surface area contributed by atoms with E-state index in [0.29, 0.717) is 18.2 Å². The van der Waals surface area contributed by atoms with Crippen molar-refractivity contribution in [3.8, 4) is 0 Å². The number of fused-ring (bicyclic) bond motifs is 2. The number of aryl methyl sites for hydroxylation is 2. The third-order valence-electron chi connectivity index (χ3n) is 4.30. The first kappa shape index (κ1) is 17.9. The van der Waals surface area contributed by atoms with Crippen LogP contribution < -0.4 is 10.6 Å². The molecule has 3 heterocycles. The molecule has 3 unspecified atom stereocenters. The van der Waals surface area contributed by atoms with Gasteiger partial charge in [-0.3, -0.25) is 4.99 Å². The van der Waals surface area contributed by atoms with Gasteiger partial charge in [0.05, 0.1) is 29.0 Å². The van der Waals surface area contributed by atoms with E-state index in [0.717, 1.165) is 36.0 Å². The highest BCUT2D eigenvalue weighted by Gasteiger charge is 2.41. The molecular weight excluding hydrogens is 411 g/mol. The number of aliphatic imine (C=N–C) groups is 1. The number of guanidine groups is 1. The summed E-state index contributed by atoms with van der Waals surface area (Å²) in [5.41, 5.74) is 1.16. The van der Waals surface area contributed by atoms with Gasteiger partial charge in [0.1, 0.15) is 0 Å². The second-order valence-electron chi connectivity index (χ2n) is 5.85. The van der Waals surface area contributed by atoms with Crippen molar-refractivity contribution in [1.82, 2.24) is 15.6 Å². The van der Waals surface area contributed by atoms with E-state index in [9.17, 15) is 0 Å². The molecule has 0 aromatic carbocycles. The van der Waals surface area contributed by atoms with E-state index < -0.39 is 0 Å². The summed E-state index contributed by atoms with van der Waals surface area (Å²) in [7, 11) is 1.82. The zero-order valence-corrected chi connectivity index (χ0v) is 16.5. The van der Waals surface area contributed by atoms with Gasteiger partial charge in [0.2, 0.25) is 0 Å². The Morgan fingerprint density at radius 3 is 2.77 bits per heavy atom. The molecule has 7 heteroatoms. The molecule has 0 saturated carbocycles. The van der Waals surface area contributed by atoms with Gasteiger partial charge in [0.25, 0.3) is 0 Å². The Balaban J connectivity index is 0.00000176. The van der Waals surface area contributed by atoms with Gasteiger partial charge in [-0.15, -0.1) is 35.3 Å². The van der Waals surface area contributed by atoms with Crippen LogP contribution in [0.25, 0.3) is 0 Å². The second kappa shape index (κ2) is 7.92. The van der Waals surface area contributed by atoms with Gasteiger partial charge in [-0.1, -0.05) is 0 Å². The van der Waals surface area contributed by atoms with Crippen LogP contribution in [-0.2, 0) is 11.2 Å². The topological polar surface area (TPSA) is 58.5 Å². The lowest BCUT2D eigenvalue weighted by atomic mass is 9.96. The highest BCUT2D eigenvalue weighted by atomic mass is 127. The van der Waals surface area contributed by atoms with Gasteiger partial charge in [-0.05, 0) is 33.1 Å². The fourth-order valence-corrected chi connectivity index (χ4v) is 4.20. The summed E-state index contributed by atoms with van der Waals surface area (Å²) >= 11 is 1.78. The minimum atomic E-state index is 0. The van der Waals surface area contributed by atoms with Gasteiger partial charge in [0, 0.05) is 24.9 Å². The van der Waals surface area contributed by atoms with Gasteiger partial charge in [-0.25, -0.2) is 4.98 Å². The first-order valence-corrected chi connectivity index (χ1v) is 8.53. The normalized spacial score (nSPS) is 26.9. The van der Waals surface area contributed by atoms with Crippen LogP contribution in [0.4, 0.5) is 0 Å². The number of rotatable bonds is 4. The van der Waals surface area contributed by atoms with E-state index in [4.69, 9.17) is 4.74 Å². The molecule has 1 aromatic heterocycles. The van der Waals surface area contributed by atoms with Crippen LogP contribution in [0.2, 0.25) is 0 Å². The lowest BCUT2D eigenvalue weighted by Gasteiger charge is -2.22. The number of thiazole rings is 1. The van der Waals surface area contributed by atoms with Gasteiger partial charge in [-0.2, -0.15) is 0 Å². The summed E-state index contributed by atoms with van der Waals surface area (Å²) in [5, 5.41) is 8.05. The minimum absolute atomic E-state index is 0. The highest BCUT2D eigenvalue weighted by molar-refractivity contribution is 14.0. The largest absolute Gasteiger partial charge is 0.373 e. The molecule has 3 rings (SSSR count). The van der Waals surface area contributed by atoms with Crippen molar-refractivity contribution in [2.45, 2.75) is 57.8 Å². The fraction of sp³-hybridized carbons (Fsp3) is 0.733. The SMILES string of the molecule is CN=C(NCCc1sc(C)nc1C)NC1CC2CCC1O2.I. The molecule has 1 aromatic rings. The van der Waals surface area contributed by atoms with Crippen LogP contribution in [0.1, 0.15) is 34.8 Å². The molecule has 3 atom stereocenters. The Bertz CT molecular complexity index is 534. The summed E-state index contributed by atoms with van der Waals surface area (Å²) in [6, 6.07) is 0.419. The van der Waals surface area contributed by atoms with Crippen molar-refractivity contribution in [3.63, 3.8) is 0 Å². The molecule has 2 fully saturated rings. The maximum atomic E-state index is 5.87. The van der Waals surface area contributed by atoms with Crippen LogP contribution >= 0.6 is 35.3 Å². The maximum absolute atomic E-state index is 5.87. The fourth-order valence-electron chi connectivity index (χ4n) is 3.26. The summed E-state index contributed by atoms with van der Waals surface area (Å²) in [4.78, 5) is 10.1. The zero-order valence-electron chi connectivity index (χ0n) is 13.4. The Kier molecular flexibility index (Phi) is 6.46. The molecule has 124 valence electrons. The summed E-state index contributed by atoms with van der Waals surface area (Å²) in [6.07, 6.45) is 5.34. The predicted molar refractivity (Wildman–Crippen MR) is 102 cm³/mol. The molecule has 2 saturated heterocycles. The van der Waals surface area contributed by atoms with E-state index in [2.05, 4.69) is 34.5 Å². The summed E-state index contributed by atoms with van der Waals surface area (Å²) in [6.45, 7) is 5.02. The lowest BCUT2D eigenvalue weighted by molar-refractivity contribution is 0.0992. The van der Waals surface area contributed by atoms with E-state index >= 15 is 0 Å². The highest BCUT2D eigenvalue weighted by Crippen LogP contribution is 2.34. The van der Waals surface area contributed by atoms with E-state index in [-0.39, 0.29) is 24.0 Å². The molecule has 0 aliphatic carbocycles. The number of nitrogens with zero attached hydrogens (tertiary/aromatic N) is 2. The van der Waals surface area contributed by atoms with Crippen LogP contribution in [-0.4, -0.2) is 42.8 Å². The molecule has 2 aliphatic rings. The van der Waals surface area contributed by atoms with E-state index in [1.165, 1.54) is 17.7 Å². The number of ether oxygens (including phenoxy) is 1. The van der Waals surface area contributed by atoms with Crippen LogP contribution in [0.5, 0.6) is 0 Å². The molecular formula is C15H25IN4OS. The molecule has 22 heavy (non-hydrogen) atoms. The van der Waals surface area contributed by atoms with Crippen LogP contribution in [0.15, 0.2) is 4.99 Å². The van der Waals surface area contributed by atoms with E-state index in [1.54, 1.807) is 11.3 Å². The third-order valence-corrected chi connectivity index (χ3v) is 5.43. The van der Waals surface area contributed by atoms with Crippen LogP contribution in [0.3, 0.4) is 0 Å². The number of hydrogen-bond acceptors (Lipinski definition) is 4. The van der Waals surface area contributed by atoms with Crippen molar-refractivity contribution in [2.24, 2.45) is 4.99 Å². The average Bonchev–Trinajstić information content (AvgIpc) is 3.14. The monoisotopic (exact) mass is 436 g/mol. The molecule has 0 radical (unpaired) electrons. The van der Waals surface area contributed by atoms with Gasteiger partial charge in [0.15, 0.2) is 5.96 Å². The number of hydrogen-bond donors (Lipinski definition) is 2. The van der Waals surface area contributed by atoms with Gasteiger partial charge >= 0.3 is 0 Å². The smallest absolute Gasteiger partial charge is 0.191 e. The second-order valence-corrected chi connectivity index (χ2v) is 7.14. The minimum Gasteiger partial charge on any atom is -0.373 e. The first-order valence-electron chi connectivity index (χ1n) is 7.71. The molecule has 5 nitrogen and oxygen atoms in total. The Hall–Kier alpha value is -0.410. The van der Waals surface area contributed by atoms with Crippen molar-refractivity contribution in [3.05, 3.63) is 15.6 Å². The van der Waals surface area contributed by atoms with Crippen LogP contribution in [0, 0.1) is 13.8 Å². The Morgan fingerprint density at radius 1 is 1.41 bits per heavy atom. The Morgan fingerprint density at radius 2 is 2.23 bits per heavy atom. The van der Waals surface area contributed by atoms with Gasteiger partial charge < -0.3 is 15.4 Å². The van der Waals surface area contributed by atoms with Crippen molar-refractivity contribution < 1.29 is 4.74 Å². The van der Waals surface area contributed by atoms with Crippen molar-refractivity contribution in [1.29, 1.82) is 0 Å². The number of nitrogens with one attached hydrogen (secondary N) is 2. The van der Waals surface area contributed by atoms with Crippen molar-refractivity contribution in [2.75, 3.05) is 13.6 Å². The lowest BCUT2D eigenvalue weighted by Crippen LogP contribution is -2.47. The molecule has 0 amide bonds. The summed E-state index contributed by atoms with van der Waals surface area (Å²) in [5.74, 6) is 0.884. The Labute approximate surface area is 153 Å². The molecule has 2 bridgehead atoms. The van der Waals surface area contributed by atoms with Crippen molar-refractivity contribution >= 4 is 41.3 Å². The zero-order chi connectivity index (χ0) is 14.8. The third kappa shape index (κ3) is 4.11. The number of halogens is 1. The summed E-state index contributed by atoms with van der Waals surface area (Å²) < 4.78 is 5.87. The van der Waals surface area contributed by atoms with E-state index in [1.807, 2.05) is 7.05 Å². The molecule has 0 spiro atoms. The quantitative estimate of drug-likeness (QED) is 0.433. The molecule has 2 N–H and O–H groups in total. The maximum Gasteiger partial charge on any atom is 0.191 e. The average molecular weight is 436 g/mol.